The monoisotopic (exact) mass is 316 g/mol. The lowest BCUT2D eigenvalue weighted by molar-refractivity contribution is 0.0977. The van der Waals surface area contributed by atoms with E-state index in [1.807, 2.05) is 18.4 Å². The third-order valence-electron chi connectivity index (χ3n) is 4.75. The summed E-state index contributed by atoms with van der Waals surface area (Å²) in [4.78, 5) is 4.96. The summed E-state index contributed by atoms with van der Waals surface area (Å²) in [6.07, 6.45) is 4.69. The standard InChI is InChI=1S/C18H21FN2O2/c19-15-2-1-3-17(8-15)23-18-9-16-11-20(5-6-21(16)12-18)10-14-4-7-22-13-14/h1-4,7-8,13,16,18H,5-6,9-12H2/t16-,18-/m1/s1. The minimum atomic E-state index is -0.246. The Morgan fingerprint density at radius 2 is 2.17 bits per heavy atom. The molecule has 1 aromatic carbocycles. The van der Waals surface area contributed by atoms with Gasteiger partial charge in [-0.05, 0) is 18.2 Å². The zero-order valence-corrected chi connectivity index (χ0v) is 13.0. The second-order valence-electron chi connectivity index (χ2n) is 6.45. The first kappa shape index (κ1) is 14.7. The molecular formula is C18H21FN2O2. The summed E-state index contributed by atoms with van der Waals surface area (Å²) < 4.78 is 24.4. The number of benzene rings is 1. The zero-order valence-electron chi connectivity index (χ0n) is 13.0. The molecule has 2 fully saturated rings. The molecule has 23 heavy (non-hydrogen) atoms. The average Bonchev–Trinajstić information content (AvgIpc) is 3.16. The SMILES string of the molecule is Fc1cccc(O[C@@H]2C[C@@H]3CN(Cc4ccoc4)CCN3C2)c1. The first-order valence-electron chi connectivity index (χ1n) is 8.16. The highest BCUT2D eigenvalue weighted by Crippen LogP contribution is 2.26. The maximum Gasteiger partial charge on any atom is 0.126 e. The van der Waals surface area contributed by atoms with Crippen LogP contribution in [-0.4, -0.2) is 48.1 Å². The Morgan fingerprint density at radius 3 is 3.00 bits per heavy atom. The van der Waals surface area contributed by atoms with Crippen LogP contribution in [0.4, 0.5) is 4.39 Å². The van der Waals surface area contributed by atoms with Gasteiger partial charge < -0.3 is 9.15 Å². The second kappa shape index (κ2) is 6.34. The van der Waals surface area contributed by atoms with Gasteiger partial charge in [0.05, 0.1) is 12.5 Å². The van der Waals surface area contributed by atoms with Crippen LogP contribution in [-0.2, 0) is 6.54 Å². The highest BCUT2D eigenvalue weighted by Gasteiger charge is 2.37. The Morgan fingerprint density at radius 1 is 1.22 bits per heavy atom. The fourth-order valence-corrected chi connectivity index (χ4v) is 3.66. The van der Waals surface area contributed by atoms with Gasteiger partial charge in [0.25, 0.3) is 0 Å². The van der Waals surface area contributed by atoms with Gasteiger partial charge in [0.15, 0.2) is 0 Å². The average molecular weight is 316 g/mol. The van der Waals surface area contributed by atoms with Crippen LogP contribution in [0.3, 0.4) is 0 Å². The molecule has 0 radical (unpaired) electrons. The maximum atomic E-state index is 13.3. The topological polar surface area (TPSA) is 28.9 Å². The Labute approximate surface area is 135 Å². The molecule has 122 valence electrons. The third-order valence-corrected chi connectivity index (χ3v) is 4.75. The lowest BCUT2D eigenvalue weighted by Crippen LogP contribution is -2.49. The number of furan rings is 1. The van der Waals surface area contributed by atoms with Gasteiger partial charge >= 0.3 is 0 Å². The minimum absolute atomic E-state index is 0.149. The summed E-state index contributed by atoms with van der Waals surface area (Å²) in [7, 11) is 0. The molecule has 4 nitrogen and oxygen atoms in total. The van der Waals surface area contributed by atoms with Crippen molar-refractivity contribution in [1.82, 2.24) is 9.80 Å². The molecule has 2 aliphatic rings. The van der Waals surface area contributed by atoms with E-state index in [2.05, 4.69) is 9.80 Å². The lowest BCUT2D eigenvalue weighted by Gasteiger charge is -2.36. The first-order chi connectivity index (χ1) is 11.3. The van der Waals surface area contributed by atoms with Crippen LogP contribution in [0.15, 0.2) is 47.3 Å². The van der Waals surface area contributed by atoms with E-state index >= 15 is 0 Å². The largest absolute Gasteiger partial charge is 0.489 e. The van der Waals surface area contributed by atoms with E-state index < -0.39 is 0 Å². The molecule has 0 saturated carbocycles. The molecule has 0 amide bonds. The molecule has 0 N–H and O–H groups in total. The number of halogens is 1. The van der Waals surface area contributed by atoms with Crippen molar-refractivity contribution in [3.63, 3.8) is 0 Å². The van der Waals surface area contributed by atoms with Gasteiger partial charge in [-0.2, -0.15) is 0 Å². The van der Waals surface area contributed by atoms with Crippen molar-refractivity contribution < 1.29 is 13.5 Å². The number of piperazine rings is 1. The van der Waals surface area contributed by atoms with Crippen molar-refractivity contribution in [2.45, 2.75) is 25.1 Å². The Balaban J connectivity index is 1.34. The van der Waals surface area contributed by atoms with E-state index in [1.54, 1.807) is 12.3 Å². The molecule has 2 aromatic rings. The Bertz CT molecular complexity index is 646. The van der Waals surface area contributed by atoms with Crippen LogP contribution >= 0.6 is 0 Å². The van der Waals surface area contributed by atoms with Gasteiger partial charge in [0.2, 0.25) is 0 Å². The normalized spacial score (nSPS) is 25.4. The molecule has 2 aliphatic heterocycles. The van der Waals surface area contributed by atoms with Gasteiger partial charge in [-0.3, -0.25) is 9.80 Å². The molecule has 2 saturated heterocycles. The molecule has 0 unspecified atom stereocenters. The van der Waals surface area contributed by atoms with Crippen molar-refractivity contribution in [3.05, 3.63) is 54.2 Å². The van der Waals surface area contributed by atoms with Gasteiger partial charge in [-0.15, -0.1) is 0 Å². The highest BCUT2D eigenvalue weighted by molar-refractivity contribution is 5.23. The summed E-state index contributed by atoms with van der Waals surface area (Å²) in [6, 6.07) is 8.97. The molecule has 4 rings (SSSR count). The van der Waals surface area contributed by atoms with Crippen LogP contribution in [0.25, 0.3) is 0 Å². The maximum absolute atomic E-state index is 13.3. The van der Waals surface area contributed by atoms with Gasteiger partial charge in [-0.25, -0.2) is 4.39 Å². The van der Waals surface area contributed by atoms with Crippen molar-refractivity contribution in [1.29, 1.82) is 0 Å². The van der Waals surface area contributed by atoms with Crippen molar-refractivity contribution in [2.24, 2.45) is 0 Å². The van der Waals surface area contributed by atoms with Crippen LogP contribution in [0.2, 0.25) is 0 Å². The van der Waals surface area contributed by atoms with Crippen LogP contribution in [0, 0.1) is 5.82 Å². The van der Waals surface area contributed by atoms with Crippen LogP contribution in [0.5, 0.6) is 5.75 Å². The Hall–Kier alpha value is -1.85. The number of rotatable bonds is 4. The quantitative estimate of drug-likeness (QED) is 0.867. The Kier molecular flexibility index (Phi) is 4.06. The lowest BCUT2D eigenvalue weighted by atomic mass is 10.1. The molecule has 3 heterocycles. The number of ether oxygens (including phenoxy) is 1. The van der Waals surface area contributed by atoms with Crippen LogP contribution in [0.1, 0.15) is 12.0 Å². The molecule has 1 aromatic heterocycles. The summed E-state index contributed by atoms with van der Waals surface area (Å²) in [5.41, 5.74) is 1.23. The van der Waals surface area contributed by atoms with Crippen molar-refractivity contribution in [3.8, 4) is 5.75 Å². The summed E-state index contributed by atoms with van der Waals surface area (Å²) >= 11 is 0. The van der Waals surface area contributed by atoms with Crippen molar-refractivity contribution in [2.75, 3.05) is 26.2 Å². The van der Waals surface area contributed by atoms with E-state index in [9.17, 15) is 4.39 Å². The van der Waals surface area contributed by atoms with Gasteiger partial charge in [-0.1, -0.05) is 6.07 Å². The molecule has 0 bridgehead atoms. The summed E-state index contributed by atoms with van der Waals surface area (Å²) in [6.45, 7) is 5.05. The number of nitrogens with zero attached hydrogens (tertiary/aromatic N) is 2. The molecule has 0 spiro atoms. The minimum Gasteiger partial charge on any atom is -0.489 e. The fraction of sp³-hybridized carbons (Fsp3) is 0.444. The van der Waals surface area contributed by atoms with E-state index in [0.717, 1.165) is 39.1 Å². The second-order valence-corrected chi connectivity index (χ2v) is 6.45. The number of fused-ring (bicyclic) bond motifs is 1. The zero-order chi connectivity index (χ0) is 15.6. The molecule has 5 heteroatoms. The van der Waals surface area contributed by atoms with E-state index in [4.69, 9.17) is 9.15 Å². The third kappa shape index (κ3) is 3.41. The van der Waals surface area contributed by atoms with E-state index in [-0.39, 0.29) is 11.9 Å². The molecule has 2 atom stereocenters. The van der Waals surface area contributed by atoms with Crippen LogP contribution < -0.4 is 4.74 Å². The van der Waals surface area contributed by atoms with Crippen molar-refractivity contribution >= 4 is 0 Å². The number of hydrogen-bond donors (Lipinski definition) is 0. The highest BCUT2D eigenvalue weighted by atomic mass is 19.1. The number of hydrogen-bond acceptors (Lipinski definition) is 4. The van der Waals surface area contributed by atoms with Gasteiger partial charge in [0.1, 0.15) is 17.7 Å². The van der Waals surface area contributed by atoms with E-state index in [0.29, 0.717) is 11.8 Å². The van der Waals surface area contributed by atoms with E-state index in [1.165, 1.54) is 17.7 Å². The summed E-state index contributed by atoms with van der Waals surface area (Å²) in [5, 5.41) is 0. The smallest absolute Gasteiger partial charge is 0.126 e. The predicted molar refractivity (Wildman–Crippen MR) is 84.8 cm³/mol. The predicted octanol–water partition coefficient (Wildman–Crippen LogP) is 2.76. The molecule has 0 aliphatic carbocycles. The summed E-state index contributed by atoms with van der Waals surface area (Å²) in [5.74, 6) is 0.384. The fourth-order valence-electron chi connectivity index (χ4n) is 3.66. The molecular weight excluding hydrogens is 295 g/mol. The first-order valence-corrected chi connectivity index (χ1v) is 8.16. The van der Waals surface area contributed by atoms with Gasteiger partial charge in [0, 0.05) is 56.8 Å².